The summed E-state index contributed by atoms with van der Waals surface area (Å²) in [5.74, 6) is -1.97. The molecule has 1 saturated heterocycles. The summed E-state index contributed by atoms with van der Waals surface area (Å²) in [5, 5.41) is 17.9. The van der Waals surface area contributed by atoms with Crippen LogP contribution in [-0.2, 0) is 19.9 Å². The molecule has 2 aromatic rings. The Morgan fingerprint density at radius 1 is 1.20 bits per heavy atom. The van der Waals surface area contributed by atoms with E-state index in [0.29, 0.717) is 28.6 Å². The highest BCUT2D eigenvalue weighted by Crippen LogP contribution is 2.38. The first-order valence-electron chi connectivity index (χ1n) is 9.35. The number of sulfonamides is 1. The minimum Gasteiger partial charge on any atom is -0.406 e. The van der Waals surface area contributed by atoms with Gasteiger partial charge in [0.1, 0.15) is 27.3 Å². The van der Waals surface area contributed by atoms with Gasteiger partial charge in [0.25, 0.3) is 0 Å². The molecule has 1 aliphatic heterocycles. The smallest absolute Gasteiger partial charge is 0.406 e. The van der Waals surface area contributed by atoms with Gasteiger partial charge >= 0.3 is 6.36 Å². The van der Waals surface area contributed by atoms with E-state index in [1.165, 1.54) is 0 Å². The monoisotopic (exact) mass is 558 g/mol. The first-order chi connectivity index (χ1) is 16.0. The fourth-order valence-corrected chi connectivity index (χ4v) is 7.57. The predicted molar refractivity (Wildman–Crippen MR) is 113 cm³/mol. The molecule has 0 aliphatic carbocycles. The summed E-state index contributed by atoms with van der Waals surface area (Å²) in [7, 11) is -9.35. The molecule has 2 atom stereocenters. The summed E-state index contributed by atoms with van der Waals surface area (Å²) in [5.41, 5.74) is -2.99. The lowest BCUT2D eigenvalue weighted by atomic mass is 10.1. The van der Waals surface area contributed by atoms with Crippen molar-refractivity contribution in [3.05, 3.63) is 58.7 Å². The number of aliphatic hydroxyl groups excluding tert-OH is 1. The number of nitrogens with zero attached hydrogens (tertiary/aromatic N) is 2. The lowest BCUT2D eigenvalue weighted by Crippen LogP contribution is -2.49. The molecule has 1 fully saturated rings. The minimum atomic E-state index is -5.07. The molecule has 0 aromatic heterocycles. The SMILES string of the molecule is [C-]#[N+]c1ccc(S(=O)(=O)[C@H]2CN(S(=O)(=O)c3ccc(OC(F)(F)F)cc3Cl)C[C@]2(O)CO)cc1F. The van der Waals surface area contributed by atoms with Crippen molar-refractivity contribution < 1.29 is 49.3 Å². The summed E-state index contributed by atoms with van der Waals surface area (Å²) in [6.45, 7) is 3.82. The van der Waals surface area contributed by atoms with Crippen LogP contribution >= 0.6 is 11.6 Å². The largest absolute Gasteiger partial charge is 0.573 e. The fourth-order valence-electron chi connectivity index (χ4n) is 3.49. The van der Waals surface area contributed by atoms with E-state index in [4.69, 9.17) is 18.2 Å². The van der Waals surface area contributed by atoms with E-state index in [1.807, 2.05) is 0 Å². The van der Waals surface area contributed by atoms with E-state index < -0.39 is 88.8 Å². The fraction of sp³-hybridized carbons (Fsp3) is 0.316. The van der Waals surface area contributed by atoms with Gasteiger partial charge in [0.05, 0.1) is 23.1 Å². The Labute approximate surface area is 201 Å². The highest BCUT2D eigenvalue weighted by molar-refractivity contribution is 7.92. The number of ether oxygens (including phenoxy) is 1. The van der Waals surface area contributed by atoms with Gasteiger partial charge in [-0.1, -0.05) is 23.7 Å². The van der Waals surface area contributed by atoms with Crippen molar-refractivity contribution in [3.63, 3.8) is 0 Å². The zero-order chi connectivity index (χ0) is 26.4. The number of aliphatic hydroxyl groups is 2. The van der Waals surface area contributed by atoms with Crippen molar-refractivity contribution in [2.75, 3.05) is 19.7 Å². The van der Waals surface area contributed by atoms with Gasteiger partial charge < -0.3 is 14.9 Å². The third-order valence-corrected chi connectivity index (χ3v) is 9.73. The van der Waals surface area contributed by atoms with Gasteiger partial charge in [0, 0.05) is 19.2 Å². The number of hydrogen-bond acceptors (Lipinski definition) is 7. The standard InChI is InChI=1S/C19H15ClF4N2O7S2/c1-25-15-4-3-12(7-14(15)21)34(29,30)17-8-26(9-18(17,28)10-27)35(31,32)16-5-2-11(6-13(16)20)33-19(22,23)24/h2-7,17,27-28H,8-10H2/t17-,18-/m0/s1. The van der Waals surface area contributed by atoms with Gasteiger partial charge in [-0.3, -0.25) is 0 Å². The van der Waals surface area contributed by atoms with Crippen molar-refractivity contribution in [1.82, 2.24) is 4.31 Å². The highest BCUT2D eigenvalue weighted by Gasteiger charge is 2.55. The van der Waals surface area contributed by atoms with Gasteiger partial charge in [-0.15, -0.1) is 13.2 Å². The summed E-state index contributed by atoms with van der Waals surface area (Å²) in [4.78, 5) is 1.50. The second-order valence-electron chi connectivity index (χ2n) is 7.46. The molecule has 190 valence electrons. The molecular weight excluding hydrogens is 544 g/mol. The van der Waals surface area contributed by atoms with Crippen molar-refractivity contribution >= 4 is 37.1 Å². The van der Waals surface area contributed by atoms with Gasteiger partial charge in [0.2, 0.25) is 15.7 Å². The van der Waals surface area contributed by atoms with Crippen molar-refractivity contribution in [2.24, 2.45) is 0 Å². The molecule has 3 rings (SSSR count). The molecule has 2 aromatic carbocycles. The highest BCUT2D eigenvalue weighted by atomic mass is 35.5. The molecule has 0 bridgehead atoms. The van der Waals surface area contributed by atoms with Crippen molar-refractivity contribution in [1.29, 1.82) is 0 Å². The lowest BCUT2D eigenvalue weighted by Gasteiger charge is -2.26. The first-order valence-corrected chi connectivity index (χ1v) is 12.7. The molecule has 0 amide bonds. The maximum atomic E-state index is 14.0. The normalized spacial score (nSPS) is 21.6. The number of halogens is 5. The Kier molecular flexibility index (Phi) is 7.12. The van der Waals surface area contributed by atoms with Crippen LogP contribution < -0.4 is 4.74 Å². The maximum Gasteiger partial charge on any atom is 0.573 e. The lowest BCUT2D eigenvalue weighted by molar-refractivity contribution is -0.274. The molecule has 9 nitrogen and oxygen atoms in total. The number of sulfone groups is 1. The molecule has 1 heterocycles. The summed E-state index contributed by atoms with van der Waals surface area (Å²) in [6.07, 6.45) is -5.07. The van der Waals surface area contributed by atoms with Crippen LogP contribution in [0.3, 0.4) is 0 Å². The number of β-amino-alcohol motifs (C(OH)–C–C–N with tert-alkyl or cyclic N) is 1. The second kappa shape index (κ2) is 9.19. The van der Waals surface area contributed by atoms with Crippen LogP contribution in [0, 0.1) is 12.4 Å². The number of rotatable bonds is 6. The van der Waals surface area contributed by atoms with E-state index in [0.717, 1.165) is 12.1 Å². The molecular formula is C19H15ClF4N2O7S2. The van der Waals surface area contributed by atoms with E-state index in [9.17, 15) is 44.6 Å². The Hall–Kier alpha value is -2.48. The van der Waals surface area contributed by atoms with Gasteiger partial charge in [0.15, 0.2) is 9.84 Å². The average molecular weight is 559 g/mol. The van der Waals surface area contributed by atoms with E-state index in [1.54, 1.807) is 0 Å². The van der Waals surface area contributed by atoms with E-state index >= 15 is 0 Å². The average Bonchev–Trinajstić information content (AvgIpc) is 3.12. The van der Waals surface area contributed by atoms with Crippen molar-refractivity contribution in [3.8, 4) is 5.75 Å². The summed E-state index contributed by atoms with van der Waals surface area (Å²) < 4.78 is 108. The molecule has 1 aliphatic rings. The van der Waals surface area contributed by atoms with Crippen molar-refractivity contribution in [2.45, 2.75) is 27.0 Å². The summed E-state index contributed by atoms with van der Waals surface area (Å²) >= 11 is 5.85. The molecule has 0 radical (unpaired) electrons. The van der Waals surface area contributed by atoms with Gasteiger partial charge in [-0.2, -0.15) is 4.31 Å². The quantitative estimate of drug-likeness (QED) is 0.412. The zero-order valence-electron chi connectivity index (χ0n) is 17.2. The Morgan fingerprint density at radius 2 is 1.86 bits per heavy atom. The maximum absolute atomic E-state index is 14.0. The predicted octanol–water partition coefficient (Wildman–Crippen LogP) is 2.50. The third-order valence-electron chi connectivity index (χ3n) is 5.19. The molecule has 16 heteroatoms. The van der Waals surface area contributed by atoms with Crippen LogP contribution in [0.15, 0.2) is 46.2 Å². The third kappa shape index (κ3) is 5.22. The van der Waals surface area contributed by atoms with Crippen LogP contribution in [0.5, 0.6) is 5.75 Å². The van der Waals surface area contributed by atoms with Crippen LogP contribution in [0.4, 0.5) is 23.2 Å². The van der Waals surface area contributed by atoms with Crippen LogP contribution in [-0.4, -0.2) is 68.3 Å². The van der Waals surface area contributed by atoms with E-state index in [2.05, 4.69) is 9.58 Å². The topological polar surface area (TPSA) is 126 Å². The zero-order valence-corrected chi connectivity index (χ0v) is 19.6. The van der Waals surface area contributed by atoms with Gasteiger partial charge in [-0.05, 0) is 18.2 Å². The molecule has 0 unspecified atom stereocenters. The van der Waals surface area contributed by atoms with Crippen LogP contribution in [0.25, 0.3) is 4.85 Å². The molecule has 35 heavy (non-hydrogen) atoms. The van der Waals surface area contributed by atoms with Crippen LogP contribution in [0.2, 0.25) is 5.02 Å². The minimum absolute atomic E-state index is 0.468. The Bertz CT molecular complexity index is 1410. The number of hydrogen-bond donors (Lipinski definition) is 2. The number of benzene rings is 2. The van der Waals surface area contributed by atoms with Crippen LogP contribution in [0.1, 0.15) is 0 Å². The second-order valence-corrected chi connectivity index (χ2v) is 11.9. The molecule has 0 saturated carbocycles. The Balaban J connectivity index is 1.99. The van der Waals surface area contributed by atoms with E-state index in [-0.39, 0.29) is 0 Å². The molecule has 0 spiro atoms. The molecule has 2 N–H and O–H groups in total. The Morgan fingerprint density at radius 3 is 2.37 bits per heavy atom. The summed E-state index contributed by atoms with van der Waals surface area (Å²) in [6, 6.07) is 4.30. The van der Waals surface area contributed by atoms with Gasteiger partial charge in [-0.25, -0.2) is 26.1 Å². The first kappa shape index (κ1) is 27.1. The number of alkyl halides is 3.